The molecule has 18 heavy (non-hydrogen) atoms. The number of carboxylic acids is 1. The molecular weight excluding hydrogens is 232 g/mol. The van der Waals surface area contributed by atoms with Crippen molar-refractivity contribution in [2.75, 3.05) is 11.4 Å². The topological polar surface area (TPSA) is 83.6 Å². The normalized spacial score (nSPS) is 10.1. The molecule has 0 aromatic heterocycles. The van der Waals surface area contributed by atoms with Crippen molar-refractivity contribution in [2.45, 2.75) is 26.2 Å². The van der Waals surface area contributed by atoms with Gasteiger partial charge in [-0.2, -0.15) is 0 Å². The van der Waals surface area contributed by atoms with E-state index in [9.17, 15) is 9.59 Å². The molecule has 5 heteroatoms. The summed E-state index contributed by atoms with van der Waals surface area (Å²) in [6.07, 6.45) is 2.89. The number of anilines is 1. The van der Waals surface area contributed by atoms with Gasteiger partial charge in [0.2, 0.25) is 0 Å². The lowest BCUT2D eigenvalue weighted by molar-refractivity contribution is 0.0697. The van der Waals surface area contributed by atoms with Gasteiger partial charge < -0.3 is 10.8 Å². The second-order valence-electron chi connectivity index (χ2n) is 4.05. The van der Waals surface area contributed by atoms with E-state index in [0.29, 0.717) is 12.2 Å². The molecule has 0 bridgehead atoms. The van der Waals surface area contributed by atoms with Crippen LogP contribution in [0.3, 0.4) is 0 Å². The van der Waals surface area contributed by atoms with E-state index in [4.69, 9.17) is 10.8 Å². The number of benzene rings is 1. The van der Waals surface area contributed by atoms with E-state index < -0.39 is 12.0 Å². The van der Waals surface area contributed by atoms with E-state index >= 15 is 0 Å². The summed E-state index contributed by atoms with van der Waals surface area (Å²) in [5, 5.41) is 8.91. The lowest BCUT2D eigenvalue weighted by atomic mass is 10.1. The molecule has 2 amide bonds. The third-order valence-corrected chi connectivity index (χ3v) is 2.66. The van der Waals surface area contributed by atoms with Gasteiger partial charge in [-0.1, -0.05) is 25.8 Å². The Hall–Kier alpha value is -2.04. The maximum Gasteiger partial charge on any atom is 0.335 e. The Morgan fingerprint density at radius 2 is 2.06 bits per heavy atom. The molecule has 0 spiro atoms. The fourth-order valence-electron chi connectivity index (χ4n) is 1.69. The summed E-state index contributed by atoms with van der Waals surface area (Å²) >= 11 is 0. The molecule has 0 heterocycles. The van der Waals surface area contributed by atoms with Gasteiger partial charge in [0.05, 0.1) is 5.56 Å². The first-order chi connectivity index (χ1) is 8.56. The Labute approximate surface area is 106 Å². The molecule has 0 saturated heterocycles. The van der Waals surface area contributed by atoms with E-state index in [1.165, 1.54) is 17.0 Å². The van der Waals surface area contributed by atoms with Crippen LogP contribution >= 0.6 is 0 Å². The SMILES string of the molecule is CCCCCN(C(N)=O)c1cccc(C(=O)O)c1. The molecule has 0 aliphatic heterocycles. The second kappa shape index (κ2) is 6.64. The Morgan fingerprint density at radius 3 is 2.61 bits per heavy atom. The van der Waals surface area contributed by atoms with Crippen LogP contribution in [0.25, 0.3) is 0 Å². The standard InChI is InChI=1S/C13H18N2O3/c1-2-3-4-8-15(13(14)18)11-7-5-6-10(9-11)12(16)17/h5-7,9H,2-4,8H2,1H3,(H2,14,18)(H,16,17). The fraction of sp³-hybridized carbons (Fsp3) is 0.385. The number of carbonyl (C=O) groups is 2. The summed E-state index contributed by atoms with van der Waals surface area (Å²) in [5.41, 5.74) is 5.99. The highest BCUT2D eigenvalue weighted by Gasteiger charge is 2.13. The average Bonchev–Trinajstić information content (AvgIpc) is 2.34. The van der Waals surface area contributed by atoms with Crippen molar-refractivity contribution in [2.24, 2.45) is 5.73 Å². The zero-order valence-corrected chi connectivity index (χ0v) is 10.4. The molecule has 98 valence electrons. The largest absolute Gasteiger partial charge is 0.478 e. The lowest BCUT2D eigenvalue weighted by Crippen LogP contribution is -2.36. The summed E-state index contributed by atoms with van der Waals surface area (Å²) in [7, 11) is 0. The van der Waals surface area contributed by atoms with Gasteiger partial charge >= 0.3 is 12.0 Å². The molecule has 0 saturated carbocycles. The smallest absolute Gasteiger partial charge is 0.335 e. The number of amides is 2. The zero-order chi connectivity index (χ0) is 13.5. The lowest BCUT2D eigenvalue weighted by Gasteiger charge is -2.20. The van der Waals surface area contributed by atoms with Crippen LogP contribution in [0.2, 0.25) is 0 Å². The van der Waals surface area contributed by atoms with E-state index in [0.717, 1.165) is 19.3 Å². The van der Waals surface area contributed by atoms with E-state index in [1.807, 2.05) is 0 Å². The van der Waals surface area contributed by atoms with Gasteiger partial charge in [0.1, 0.15) is 0 Å². The van der Waals surface area contributed by atoms with E-state index in [2.05, 4.69) is 6.92 Å². The van der Waals surface area contributed by atoms with Crippen molar-refractivity contribution in [3.63, 3.8) is 0 Å². The van der Waals surface area contributed by atoms with Crippen molar-refractivity contribution in [3.05, 3.63) is 29.8 Å². The number of hydrogen-bond donors (Lipinski definition) is 2. The van der Waals surface area contributed by atoms with Crippen LogP contribution in [0.1, 0.15) is 36.5 Å². The predicted octanol–water partition coefficient (Wildman–Crippen LogP) is 2.46. The first-order valence-corrected chi connectivity index (χ1v) is 5.96. The maximum atomic E-state index is 11.4. The minimum atomic E-state index is -1.02. The fourth-order valence-corrected chi connectivity index (χ4v) is 1.69. The van der Waals surface area contributed by atoms with E-state index in [1.54, 1.807) is 12.1 Å². The Bertz CT molecular complexity index is 432. The molecule has 0 aliphatic carbocycles. The Kier molecular flexibility index (Phi) is 5.17. The summed E-state index contributed by atoms with van der Waals surface area (Å²) in [4.78, 5) is 23.7. The monoisotopic (exact) mass is 250 g/mol. The number of hydrogen-bond acceptors (Lipinski definition) is 2. The van der Waals surface area contributed by atoms with Crippen LogP contribution in [-0.2, 0) is 0 Å². The third kappa shape index (κ3) is 3.76. The molecule has 0 aliphatic rings. The maximum absolute atomic E-state index is 11.4. The highest BCUT2D eigenvalue weighted by molar-refractivity contribution is 5.94. The number of urea groups is 1. The summed E-state index contributed by atoms with van der Waals surface area (Å²) < 4.78 is 0. The van der Waals surface area contributed by atoms with Gasteiger partial charge in [0.25, 0.3) is 0 Å². The van der Waals surface area contributed by atoms with Crippen LogP contribution in [0, 0.1) is 0 Å². The molecule has 0 radical (unpaired) electrons. The van der Waals surface area contributed by atoms with Gasteiger partial charge in [-0.15, -0.1) is 0 Å². The van der Waals surface area contributed by atoms with Crippen molar-refractivity contribution in [1.82, 2.24) is 0 Å². The highest BCUT2D eigenvalue weighted by Crippen LogP contribution is 2.17. The molecule has 0 unspecified atom stereocenters. The van der Waals surface area contributed by atoms with Gasteiger partial charge in [0.15, 0.2) is 0 Å². The molecular formula is C13H18N2O3. The summed E-state index contributed by atoms with van der Waals surface area (Å²) in [6.45, 7) is 2.58. The number of carboxylic acid groups (broad SMARTS) is 1. The molecule has 3 N–H and O–H groups in total. The van der Waals surface area contributed by atoms with Gasteiger partial charge in [-0.25, -0.2) is 9.59 Å². The second-order valence-corrected chi connectivity index (χ2v) is 4.05. The summed E-state index contributed by atoms with van der Waals surface area (Å²) in [5.74, 6) is -1.02. The first kappa shape index (κ1) is 14.0. The average molecular weight is 250 g/mol. The minimum Gasteiger partial charge on any atom is -0.478 e. The molecule has 1 rings (SSSR count). The number of aromatic carboxylic acids is 1. The highest BCUT2D eigenvalue weighted by atomic mass is 16.4. The van der Waals surface area contributed by atoms with Crippen molar-refractivity contribution in [3.8, 4) is 0 Å². The van der Waals surface area contributed by atoms with Gasteiger partial charge in [-0.05, 0) is 24.6 Å². The van der Waals surface area contributed by atoms with Crippen LogP contribution in [0.15, 0.2) is 24.3 Å². The zero-order valence-electron chi connectivity index (χ0n) is 10.4. The molecule has 5 nitrogen and oxygen atoms in total. The first-order valence-electron chi connectivity index (χ1n) is 5.96. The number of nitrogens with two attached hydrogens (primary N) is 1. The van der Waals surface area contributed by atoms with Crippen molar-refractivity contribution in [1.29, 1.82) is 0 Å². The Morgan fingerprint density at radius 1 is 1.33 bits per heavy atom. The van der Waals surface area contributed by atoms with Crippen LogP contribution in [-0.4, -0.2) is 23.7 Å². The van der Waals surface area contributed by atoms with Crippen LogP contribution < -0.4 is 10.6 Å². The van der Waals surface area contributed by atoms with Gasteiger partial charge in [0, 0.05) is 12.2 Å². The Balaban J connectivity index is 2.88. The molecule has 1 aromatic rings. The molecule has 0 fully saturated rings. The van der Waals surface area contributed by atoms with Crippen LogP contribution in [0.4, 0.5) is 10.5 Å². The quantitative estimate of drug-likeness (QED) is 0.760. The van der Waals surface area contributed by atoms with Gasteiger partial charge in [-0.3, -0.25) is 4.90 Å². The minimum absolute atomic E-state index is 0.147. The number of unbranched alkanes of at least 4 members (excludes halogenated alkanes) is 2. The number of rotatable bonds is 6. The van der Waals surface area contributed by atoms with Crippen molar-refractivity contribution >= 4 is 17.7 Å². The van der Waals surface area contributed by atoms with E-state index in [-0.39, 0.29) is 5.56 Å². The molecule has 0 atom stereocenters. The van der Waals surface area contributed by atoms with Crippen LogP contribution in [0.5, 0.6) is 0 Å². The summed E-state index contributed by atoms with van der Waals surface area (Å²) in [6, 6.07) is 5.67. The molecule has 1 aromatic carbocycles. The third-order valence-electron chi connectivity index (χ3n) is 2.66. The number of primary amides is 1. The number of carbonyl (C=O) groups excluding carboxylic acids is 1. The predicted molar refractivity (Wildman–Crippen MR) is 69.9 cm³/mol. The number of nitrogens with zero attached hydrogens (tertiary/aromatic N) is 1. The van der Waals surface area contributed by atoms with Crippen molar-refractivity contribution < 1.29 is 14.7 Å².